The number of hydrogen-bond acceptors (Lipinski definition) is 2. The van der Waals surface area contributed by atoms with Crippen LogP contribution in [-0.2, 0) is 6.54 Å². The van der Waals surface area contributed by atoms with Crippen LogP contribution in [0.5, 0.6) is 0 Å². The zero-order valence-electron chi connectivity index (χ0n) is 13.8. The Balaban J connectivity index is 1.63. The fraction of sp³-hybridized carbons (Fsp3) is 0.611. The van der Waals surface area contributed by atoms with E-state index in [1.807, 2.05) is 0 Å². The smallest absolute Gasteiger partial charge is 0.315 e. The van der Waals surface area contributed by atoms with E-state index in [0.717, 1.165) is 45.4 Å². The standard InChI is InChI=1S/C18H29N3O/c1-15(2)8-11-19-18(22)20-17-9-12-21(13-10-17)14-16-6-4-3-5-7-16/h3-7,15,17H,8-14H2,1-2H3,(H2,19,20,22). The molecule has 22 heavy (non-hydrogen) atoms. The number of benzene rings is 1. The largest absolute Gasteiger partial charge is 0.338 e. The number of rotatable bonds is 6. The van der Waals surface area contributed by atoms with E-state index in [2.05, 4.69) is 59.7 Å². The van der Waals surface area contributed by atoms with Crippen molar-refractivity contribution in [1.29, 1.82) is 0 Å². The van der Waals surface area contributed by atoms with E-state index < -0.39 is 0 Å². The van der Waals surface area contributed by atoms with Gasteiger partial charge in [0.1, 0.15) is 0 Å². The Bertz CT molecular complexity index is 439. The van der Waals surface area contributed by atoms with Gasteiger partial charge >= 0.3 is 6.03 Å². The summed E-state index contributed by atoms with van der Waals surface area (Å²) in [5.41, 5.74) is 1.36. The minimum atomic E-state index is -0.0119. The van der Waals surface area contributed by atoms with Gasteiger partial charge in [-0.3, -0.25) is 4.90 Å². The maximum Gasteiger partial charge on any atom is 0.315 e. The van der Waals surface area contributed by atoms with Gasteiger partial charge in [0, 0.05) is 32.2 Å². The zero-order chi connectivity index (χ0) is 15.8. The highest BCUT2D eigenvalue weighted by molar-refractivity contribution is 5.74. The lowest BCUT2D eigenvalue weighted by Crippen LogP contribution is -2.47. The molecule has 1 aliphatic heterocycles. The van der Waals surface area contributed by atoms with Crippen LogP contribution in [-0.4, -0.2) is 36.6 Å². The van der Waals surface area contributed by atoms with Crippen LogP contribution >= 0.6 is 0 Å². The van der Waals surface area contributed by atoms with Crippen LogP contribution in [0.3, 0.4) is 0 Å². The van der Waals surface area contributed by atoms with Crippen molar-refractivity contribution < 1.29 is 4.79 Å². The third kappa shape index (κ3) is 6.06. The van der Waals surface area contributed by atoms with Crippen LogP contribution in [0.15, 0.2) is 30.3 Å². The van der Waals surface area contributed by atoms with Crippen molar-refractivity contribution >= 4 is 6.03 Å². The first kappa shape index (κ1) is 16.8. The third-order valence-electron chi connectivity index (χ3n) is 4.18. The topological polar surface area (TPSA) is 44.4 Å². The van der Waals surface area contributed by atoms with Crippen LogP contribution in [0.1, 0.15) is 38.7 Å². The van der Waals surface area contributed by atoms with Gasteiger partial charge < -0.3 is 10.6 Å². The molecule has 1 fully saturated rings. The number of nitrogens with one attached hydrogen (secondary N) is 2. The van der Waals surface area contributed by atoms with Gasteiger partial charge in [0.25, 0.3) is 0 Å². The van der Waals surface area contributed by atoms with Gasteiger partial charge in [-0.15, -0.1) is 0 Å². The molecular formula is C18H29N3O. The Morgan fingerprint density at radius 1 is 1.23 bits per heavy atom. The van der Waals surface area contributed by atoms with E-state index in [4.69, 9.17) is 0 Å². The highest BCUT2D eigenvalue weighted by atomic mass is 16.2. The number of piperidine rings is 1. The Labute approximate surface area is 134 Å². The van der Waals surface area contributed by atoms with Gasteiger partial charge in [0.2, 0.25) is 0 Å². The highest BCUT2D eigenvalue weighted by Gasteiger charge is 2.20. The molecule has 2 N–H and O–H groups in total. The molecule has 2 rings (SSSR count). The van der Waals surface area contributed by atoms with Crippen molar-refractivity contribution in [2.45, 2.75) is 45.7 Å². The molecule has 2 amide bonds. The molecule has 4 nitrogen and oxygen atoms in total. The summed E-state index contributed by atoms with van der Waals surface area (Å²) in [5.74, 6) is 0.626. The molecule has 0 atom stereocenters. The molecule has 1 heterocycles. The summed E-state index contributed by atoms with van der Waals surface area (Å²) < 4.78 is 0. The van der Waals surface area contributed by atoms with Crippen LogP contribution in [0, 0.1) is 5.92 Å². The number of nitrogens with zero attached hydrogens (tertiary/aromatic N) is 1. The lowest BCUT2D eigenvalue weighted by molar-refractivity contribution is 0.186. The van der Waals surface area contributed by atoms with E-state index in [1.165, 1.54) is 5.56 Å². The Kier molecular flexibility index (Phi) is 6.72. The van der Waals surface area contributed by atoms with Crippen molar-refractivity contribution in [2.24, 2.45) is 5.92 Å². The van der Waals surface area contributed by atoms with Crippen molar-refractivity contribution in [3.8, 4) is 0 Å². The zero-order valence-corrected chi connectivity index (χ0v) is 13.8. The lowest BCUT2D eigenvalue weighted by atomic mass is 10.0. The Morgan fingerprint density at radius 2 is 1.91 bits per heavy atom. The average molecular weight is 303 g/mol. The number of urea groups is 1. The molecule has 1 aromatic rings. The van der Waals surface area contributed by atoms with Crippen molar-refractivity contribution in [3.63, 3.8) is 0 Å². The minimum Gasteiger partial charge on any atom is -0.338 e. The van der Waals surface area contributed by atoms with Gasteiger partial charge in [-0.2, -0.15) is 0 Å². The van der Waals surface area contributed by atoms with E-state index in [-0.39, 0.29) is 6.03 Å². The highest BCUT2D eigenvalue weighted by Crippen LogP contribution is 2.13. The molecule has 0 aromatic heterocycles. The second kappa shape index (κ2) is 8.79. The van der Waals surface area contributed by atoms with Gasteiger partial charge in [-0.25, -0.2) is 4.79 Å². The molecular weight excluding hydrogens is 274 g/mol. The summed E-state index contributed by atoms with van der Waals surface area (Å²) in [5, 5.41) is 6.05. The number of amides is 2. The first-order valence-corrected chi connectivity index (χ1v) is 8.44. The summed E-state index contributed by atoms with van der Waals surface area (Å²) in [6.07, 6.45) is 3.10. The summed E-state index contributed by atoms with van der Waals surface area (Å²) in [4.78, 5) is 14.3. The molecule has 1 aromatic carbocycles. The minimum absolute atomic E-state index is 0.0119. The quantitative estimate of drug-likeness (QED) is 0.848. The first-order chi connectivity index (χ1) is 10.6. The predicted molar refractivity (Wildman–Crippen MR) is 90.7 cm³/mol. The van der Waals surface area contributed by atoms with Gasteiger partial charge in [-0.1, -0.05) is 44.2 Å². The summed E-state index contributed by atoms with van der Waals surface area (Å²) in [7, 11) is 0. The predicted octanol–water partition coefficient (Wildman–Crippen LogP) is 3.00. The number of carbonyl (C=O) groups is 1. The molecule has 0 saturated carbocycles. The monoisotopic (exact) mass is 303 g/mol. The van der Waals surface area contributed by atoms with E-state index in [1.54, 1.807) is 0 Å². The second-order valence-corrected chi connectivity index (χ2v) is 6.62. The molecule has 1 saturated heterocycles. The van der Waals surface area contributed by atoms with Gasteiger partial charge in [0.15, 0.2) is 0 Å². The molecule has 0 unspecified atom stereocenters. The summed E-state index contributed by atoms with van der Waals surface area (Å²) >= 11 is 0. The second-order valence-electron chi connectivity index (χ2n) is 6.62. The third-order valence-corrected chi connectivity index (χ3v) is 4.18. The fourth-order valence-electron chi connectivity index (χ4n) is 2.79. The molecule has 1 aliphatic rings. The summed E-state index contributed by atoms with van der Waals surface area (Å²) in [6, 6.07) is 10.9. The molecule has 0 radical (unpaired) electrons. The fourth-order valence-corrected chi connectivity index (χ4v) is 2.79. The van der Waals surface area contributed by atoms with Crippen molar-refractivity contribution in [1.82, 2.24) is 15.5 Å². The molecule has 0 bridgehead atoms. The van der Waals surface area contributed by atoms with Crippen molar-refractivity contribution in [3.05, 3.63) is 35.9 Å². The van der Waals surface area contributed by atoms with E-state index in [0.29, 0.717) is 12.0 Å². The number of likely N-dealkylation sites (tertiary alicyclic amines) is 1. The van der Waals surface area contributed by atoms with Crippen LogP contribution in [0.25, 0.3) is 0 Å². The molecule has 0 spiro atoms. The maximum atomic E-state index is 11.8. The normalized spacial score (nSPS) is 16.7. The average Bonchev–Trinajstić information content (AvgIpc) is 2.50. The van der Waals surface area contributed by atoms with Crippen LogP contribution in [0.4, 0.5) is 4.79 Å². The lowest BCUT2D eigenvalue weighted by Gasteiger charge is -2.32. The number of hydrogen-bond donors (Lipinski definition) is 2. The molecule has 0 aliphatic carbocycles. The Hall–Kier alpha value is -1.55. The Morgan fingerprint density at radius 3 is 2.55 bits per heavy atom. The van der Waals surface area contributed by atoms with Crippen LogP contribution < -0.4 is 10.6 Å². The molecule has 4 heteroatoms. The van der Waals surface area contributed by atoms with E-state index in [9.17, 15) is 4.79 Å². The van der Waals surface area contributed by atoms with Crippen molar-refractivity contribution in [2.75, 3.05) is 19.6 Å². The maximum absolute atomic E-state index is 11.8. The molecule has 122 valence electrons. The summed E-state index contributed by atoms with van der Waals surface area (Å²) in [6.45, 7) is 8.20. The van der Waals surface area contributed by atoms with Crippen LogP contribution in [0.2, 0.25) is 0 Å². The first-order valence-electron chi connectivity index (χ1n) is 8.44. The number of carbonyl (C=O) groups excluding carboxylic acids is 1. The van der Waals surface area contributed by atoms with Gasteiger partial charge in [0.05, 0.1) is 0 Å². The van der Waals surface area contributed by atoms with Gasteiger partial charge in [-0.05, 0) is 30.7 Å². The SMILES string of the molecule is CC(C)CCNC(=O)NC1CCN(Cc2ccccc2)CC1. The van der Waals surface area contributed by atoms with E-state index >= 15 is 0 Å².